The highest BCUT2D eigenvalue weighted by Gasteiger charge is 2.21. The number of nitrogens with two attached hydrogens (primary N) is 1. The number of carbonyl (C=O) groups excluding carboxylic acids is 1. The second kappa shape index (κ2) is 6.85. The van der Waals surface area contributed by atoms with Crippen molar-refractivity contribution in [2.45, 2.75) is 13.0 Å². The standard InChI is InChI=1S/C17H19NO4/c1-11(22-14-6-4-5-12(18)9-14)17(19)15-8-7-13(20-2)10-16(15)21-3/h4-11H,18H2,1-3H3. The van der Waals surface area contributed by atoms with Crippen LogP contribution in [-0.4, -0.2) is 26.1 Å². The van der Waals surface area contributed by atoms with Gasteiger partial charge in [-0.05, 0) is 31.2 Å². The molecule has 2 rings (SSSR count). The summed E-state index contributed by atoms with van der Waals surface area (Å²) in [5.74, 6) is 1.44. The number of carbonyl (C=O) groups is 1. The van der Waals surface area contributed by atoms with E-state index >= 15 is 0 Å². The maximum Gasteiger partial charge on any atom is 0.206 e. The van der Waals surface area contributed by atoms with E-state index in [0.717, 1.165) is 0 Å². The first-order chi connectivity index (χ1) is 10.5. The molecule has 0 saturated carbocycles. The van der Waals surface area contributed by atoms with Gasteiger partial charge in [0.15, 0.2) is 6.10 Å². The molecule has 2 N–H and O–H groups in total. The Balaban J connectivity index is 2.20. The van der Waals surface area contributed by atoms with E-state index in [2.05, 4.69) is 0 Å². The molecule has 22 heavy (non-hydrogen) atoms. The van der Waals surface area contributed by atoms with Crippen LogP contribution in [0.5, 0.6) is 17.2 Å². The molecule has 5 nitrogen and oxygen atoms in total. The molecule has 0 aliphatic heterocycles. The van der Waals surface area contributed by atoms with E-state index in [-0.39, 0.29) is 5.78 Å². The molecule has 1 unspecified atom stereocenters. The predicted molar refractivity (Wildman–Crippen MR) is 84.8 cm³/mol. The largest absolute Gasteiger partial charge is 0.497 e. The van der Waals surface area contributed by atoms with Crippen molar-refractivity contribution in [3.8, 4) is 17.2 Å². The van der Waals surface area contributed by atoms with Crippen LogP contribution in [0.15, 0.2) is 42.5 Å². The smallest absolute Gasteiger partial charge is 0.206 e. The van der Waals surface area contributed by atoms with Crippen LogP contribution < -0.4 is 19.9 Å². The van der Waals surface area contributed by atoms with Gasteiger partial charge in [0.25, 0.3) is 0 Å². The number of Topliss-reactive ketones (excluding diaryl/α,β-unsaturated/α-hetero) is 1. The molecule has 5 heteroatoms. The van der Waals surface area contributed by atoms with Gasteiger partial charge in [0, 0.05) is 17.8 Å². The molecule has 0 aromatic heterocycles. The highest BCUT2D eigenvalue weighted by Crippen LogP contribution is 2.26. The Morgan fingerprint density at radius 2 is 1.82 bits per heavy atom. The van der Waals surface area contributed by atoms with Gasteiger partial charge in [-0.25, -0.2) is 0 Å². The molecule has 0 aliphatic carbocycles. The summed E-state index contributed by atoms with van der Waals surface area (Å²) in [5, 5.41) is 0. The zero-order chi connectivity index (χ0) is 16.1. The zero-order valence-corrected chi connectivity index (χ0v) is 12.8. The molecule has 0 saturated heterocycles. The molecule has 2 aromatic carbocycles. The average molecular weight is 301 g/mol. The Bertz CT molecular complexity index is 669. The van der Waals surface area contributed by atoms with Crippen molar-refractivity contribution in [2.24, 2.45) is 0 Å². The fourth-order valence-electron chi connectivity index (χ4n) is 2.07. The molecule has 0 spiro atoms. The van der Waals surface area contributed by atoms with Crippen molar-refractivity contribution in [1.29, 1.82) is 0 Å². The number of hydrogen-bond acceptors (Lipinski definition) is 5. The molecular weight excluding hydrogens is 282 g/mol. The maximum atomic E-state index is 12.5. The number of ether oxygens (including phenoxy) is 3. The molecule has 0 radical (unpaired) electrons. The van der Waals surface area contributed by atoms with Crippen molar-refractivity contribution >= 4 is 11.5 Å². The summed E-state index contributed by atoms with van der Waals surface area (Å²) in [6.07, 6.45) is -0.663. The van der Waals surface area contributed by atoms with Gasteiger partial charge in [-0.3, -0.25) is 4.79 Å². The number of nitrogen functional groups attached to an aromatic ring is 1. The Labute approximate surface area is 129 Å². The lowest BCUT2D eigenvalue weighted by atomic mass is 10.1. The normalized spacial score (nSPS) is 11.6. The predicted octanol–water partition coefficient (Wildman–Crippen LogP) is 2.94. The molecule has 116 valence electrons. The fraction of sp³-hybridized carbons (Fsp3) is 0.235. The van der Waals surface area contributed by atoms with Gasteiger partial charge in [0.1, 0.15) is 17.2 Å². The monoisotopic (exact) mass is 301 g/mol. The van der Waals surface area contributed by atoms with E-state index in [0.29, 0.717) is 28.5 Å². The summed E-state index contributed by atoms with van der Waals surface area (Å²) in [6, 6.07) is 12.0. The van der Waals surface area contributed by atoms with Crippen LogP contribution in [0.1, 0.15) is 17.3 Å². The van der Waals surface area contributed by atoms with Crippen LogP contribution in [0, 0.1) is 0 Å². The number of anilines is 1. The fourth-order valence-corrected chi connectivity index (χ4v) is 2.07. The van der Waals surface area contributed by atoms with Crippen LogP contribution in [-0.2, 0) is 0 Å². The third-order valence-electron chi connectivity index (χ3n) is 3.21. The van der Waals surface area contributed by atoms with Gasteiger partial charge in [0.2, 0.25) is 5.78 Å². The topological polar surface area (TPSA) is 70.8 Å². The molecule has 0 bridgehead atoms. The second-order valence-corrected chi connectivity index (χ2v) is 4.76. The van der Waals surface area contributed by atoms with Crippen molar-refractivity contribution < 1.29 is 19.0 Å². The first-order valence-corrected chi connectivity index (χ1v) is 6.83. The Morgan fingerprint density at radius 3 is 2.45 bits per heavy atom. The van der Waals surface area contributed by atoms with Crippen molar-refractivity contribution in [3.63, 3.8) is 0 Å². The Kier molecular flexibility index (Phi) is 4.88. The Morgan fingerprint density at radius 1 is 1.05 bits per heavy atom. The van der Waals surface area contributed by atoms with Crippen LogP contribution >= 0.6 is 0 Å². The number of hydrogen-bond donors (Lipinski definition) is 1. The molecule has 0 aliphatic rings. The minimum atomic E-state index is -0.663. The number of rotatable bonds is 6. The number of ketones is 1. The van der Waals surface area contributed by atoms with E-state index in [1.807, 2.05) is 0 Å². The van der Waals surface area contributed by atoms with Gasteiger partial charge in [0.05, 0.1) is 19.8 Å². The van der Waals surface area contributed by atoms with Crippen LogP contribution in [0.3, 0.4) is 0 Å². The lowest BCUT2D eigenvalue weighted by molar-refractivity contribution is 0.0815. The lowest BCUT2D eigenvalue weighted by Gasteiger charge is -2.16. The van der Waals surface area contributed by atoms with Gasteiger partial charge in [-0.15, -0.1) is 0 Å². The van der Waals surface area contributed by atoms with E-state index < -0.39 is 6.10 Å². The van der Waals surface area contributed by atoms with Crippen LogP contribution in [0.25, 0.3) is 0 Å². The van der Waals surface area contributed by atoms with Crippen molar-refractivity contribution in [2.75, 3.05) is 20.0 Å². The van der Waals surface area contributed by atoms with Gasteiger partial charge >= 0.3 is 0 Å². The third-order valence-corrected chi connectivity index (χ3v) is 3.21. The van der Waals surface area contributed by atoms with E-state index in [4.69, 9.17) is 19.9 Å². The summed E-state index contributed by atoms with van der Waals surface area (Å²) in [6.45, 7) is 1.69. The second-order valence-electron chi connectivity index (χ2n) is 4.76. The van der Waals surface area contributed by atoms with Gasteiger partial charge in [-0.2, -0.15) is 0 Å². The highest BCUT2D eigenvalue weighted by molar-refractivity contribution is 6.02. The summed E-state index contributed by atoms with van der Waals surface area (Å²) >= 11 is 0. The Hall–Kier alpha value is -2.69. The van der Waals surface area contributed by atoms with Gasteiger partial charge in [-0.1, -0.05) is 6.07 Å². The highest BCUT2D eigenvalue weighted by atomic mass is 16.5. The minimum Gasteiger partial charge on any atom is -0.497 e. The molecule has 2 aromatic rings. The lowest BCUT2D eigenvalue weighted by Crippen LogP contribution is -2.24. The maximum absolute atomic E-state index is 12.5. The first-order valence-electron chi connectivity index (χ1n) is 6.83. The van der Waals surface area contributed by atoms with Gasteiger partial charge < -0.3 is 19.9 Å². The third kappa shape index (κ3) is 3.49. The average Bonchev–Trinajstić information content (AvgIpc) is 2.53. The zero-order valence-electron chi connectivity index (χ0n) is 12.8. The van der Waals surface area contributed by atoms with Crippen molar-refractivity contribution in [3.05, 3.63) is 48.0 Å². The molecule has 0 amide bonds. The number of benzene rings is 2. The van der Waals surface area contributed by atoms with E-state index in [9.17, 15) is 4.79 Å². The SMILES string of the molecule is COc1ccc(C(=O)C(C)Oc2cccc(N)c2)c(OC)c1. The summed E-state index contributed by atoms with van der Waals surface area (Å²) in [4.78, 5) is 12.5. The molecule has 1 atom stereocenters. The van der Waals surface area contributed by atoms with Crippen LogP contribution in [0.4, 0.5) is 5.69 Å². The summed E-state index contributed by atoms with van der Waals surface area (Å²) < 4.78 is 16.0. The first kappa shape index (κ1) is 15.7. The van der Waals surface area contributed by atoms with E-state index in [1.54, 1.807) is 56.5 Å². The quantitative estimate of drug-likeness (QED) is 0.656. The minimum absolute atomic E-state index is 0.179. The van der Waals surface area contributed by atoms with Crippen LogP contribution in [0.2, 0.25) is 0 Å². The van der Waals surface area contributed by atoms with E-state index in [1.165, 1.54) is 7.11 Å². The molecule has 0 fully saturated rings. The summed E-state index contributed by atoms with van der Waals surface area (Å²) in [7, 11) is 3.07. The number of methoxy groups -OCH3 is 2. The summed E-state index contributed by atoms with van der Waals surface area (Å²) in [5.41, 5.74) is 6.73. The molecule has 0 heterocycles. The molecular formula is C17H19NO4. The van der Waals surface area contributed by atoms with Crippen molar-refractivity contribution in [1.82, 2.24) is 0 Å².